The van der Waals surface area contributed by atoms with E-state index in [1.165, 1.54) is 6.08 Å². The minimum absolute atomic E-state index is 0.272. The molecule has 2 fully saturated rings. The molecule has 0 radical (unpaired) electrons. The average Bonchev–Trinajstić information content (AvgIpc) is 2.54. The molecule has 128 valence electrons. The lowest BCUT2D eigenvalue weighted by molar-refractivity contribution is -0.192. The Balaban J connectivity index is 1.76. The predicted octanol–water partition coefficient (Wildman–Crippen LogP) is 2.63. The fraction of sp³-hybridized carbons (Fsp3) is 0.647. The summed E-state index contributed by atoms with van der Waals surface area (Å²) in [6, 6.07) is 0. The molecule has 3 unspecified atom stereocenters. The van der Waals surface area contributed by atoms with Gasteiger partial charge in [-0.25, -0.2) is 9.59 Å². The Morgan fingerprint density at radius 3 is 2.57 bits per heavy atom. The largest absolute Gasteiger partial charge is 0.433 e. The fourth-order valence-electron chi connectivity index (χ4n) is 2.42. The molecule has 0 bridgehead atoms. The molecule has 0 aliphatic carbocycles. The van der Waals surface area contributed by atoms with Crippen molar-refractivity contribution in [1.29, 1.82) is 0 Å². The lowest BCUT2D eigenvalue weighted by atomic mass is 10.1. The maximum atomic E-state index is 11.8. The third-order valence-corrected chi connectivity index (χ3v) is 3.67. The Kier molecular flexibility index (Phi) is 6.80. The molecule has 2 aliphatic heterocycles. The van der Waals surface area contributed by atoms with Gasteiger partial charge in [0, 0.05) is 24.5 Å². The van der Waals surface area contributed by atoms with E-state index >= 15 is 0 Å². The third-order valence-electron chi connectivity index (χ3n) is 3.67. The molecule has 6 nitrogen and oxygen atoms in total. The molecular weight excluding hydrogens is 300 g/mol. The van der Waals surface area contributed by atoms with Crippen LogP contribution in [-0.2, 0) is 28.5 Å². The number of hydrogen-bond donors (Lipinski definition) is 0. The van der Waals surface area contributed by atoms with Gasteiger partial charge in [0.2, 0.25) is 12.6 Å². The molecular formula is C17H24O6. The average molecular weight is 324 g/mol. The zero-order chi connectivity index (χ0) is 16.7. The Morgan fingerprint density at radius 2 is 1.87 bits per heavy atom. The second-order valence-electron chi connectivity index (χ2n) is 5.81. The lowest BCUT2D eigenvalue weighted by Gasteiger charge is -2.28. The second-order valence-corrected chi connectivity index (χ2v) is 5.81. The highest BCUT2D eigenvalue weighted by Crippen LogP contribution is 2.21. The van der Waals surface area contributed by atoms with E-state index in [9.17, 15) is 9.59 Å². The fourth-order valence-corrected chi connectivity index (χ4v) is 2.42. The molecule has 2 aliphatic rings. The molecule has 0 aromatic heterocycles. The van der Waals surface area contributed by atoms with Crippen LogP contribution in [0.5, 0.6) is 0 Å². The molecule has 0 saturated carbocycles. The van der Waals surface area contributed by atoms with E-state index in [-0.39, 0.29) is 6.10 Å². The van der Waals surface area contributed by atoms with E-state index in [0.29, 0.717) is 18.6 Å². The van der Waals surface area contributed by atoms with Gasteiger partial charge < -0.3 is 18.9 Å². The van der Waals surface area contributed by atoms with Crippen LogP contribution in [0.1, 0.15) is 45.4 Å². The molecule has 23 heavy (non-hydrogen) atoms. The van der Waals surface area contributed by atoms with E-state index < -0.39 is 24.5 Å². The van der Waals surface area contributed by atoms with Crippen molar-refractivity contribution in [2.24, 2.45) is 0 Å². The summed E-state index contributed by atoms with van der Waals surface area (Å²) >= 11 is 0. The van der Waals surface area contributed by atoms with Gasteiger partial charge in [-0.2, -0.15) is 0 Å². The van der Waals surface area contributed by atoms with Gasteiger partial charge in [-0.3, -0.25) is 0 Å². The molecule has 6 heteroatoms. The van der Waals surface area contributed by atoms with E-state index in [1.54, 1.807) is 13.0 Å². The van der Waals surface area contributed by atoms with Crippen molar-refractivity contribution in [2.45, 2.75) is 64.1 Å². The first-order valence-electron chi connectivity index (χ1n) is 8.07. The highest BCUT2D eigenvalue weighted by Gasteiger charge is 2.24. The molecule has 3 atom stereocenters. The molecule has 2 heterocycles. The summed E-state index contributed by atoms with van der Waals surface area (Å²) in [4.78, 5) is 23.3. The van der Waals surface area contributed by atoms with E-state index in [4.69, 9.17) is 18.9 Å². The Bertz CT molecular complexity index is 464. The number of carbonyl (C=O) groups excluding carboxylic acids is 2. The van der Waals surface area contributed by atoms with Crippen molar-refractivity contribution >= 4 is 11.9 Å². The van der Waals surface area contributed by atoms with Crippen LogP contribution in [0, 0.1) is 0 Å². The number of ether oxygens (including phenoxy) is 4. The van der Waals surface area contributed by atoms with Crippen molar-refractivity contribution in [3.05, 3.63) is 24.3 Å². The molecule has 0 aromatic carbocycles. The summed E-state index contributed by atoms with van der Waals surface area (Å²) in [7, 11) is 0. The van der Waals surface area contributed by atoms with Crippen molar-refractivity contribution in [2.75, 3.05) is 6.61 Å². The summed E-state index contributed by atoms with van der Waals surface area (Å²) < 4.78 is 21.4. The third kappa shape index (κ3) is 6.15. The van der Waals surface area contributed by atoms with Gasteiger partial charge in [-0.1, -0.05) is 6.58 Å². The summed E-state index contributed by atoms with van der Waals surface area (Å²) in [5, 5.41) is 0. The molecule has 0 amide bonds. The monoisotopic (exact) mass is 324 g/mol. The predicted molar refractivity (Wildman–Crippen MR) is 82.2 cm³/mol. The van der Waals surface area contributed by atoms with E-state index in [1.807, 2.05) is 0 Å². The zero-order valence-corrected chi connectivity index (χ0v) is 13.5. The van der Waals surface area contributed by atoms with Gasteiger partial charge >= 0.3 is 11.9 Å². The summed E-state index contributed by atoms with van der Waals surface area (Å²) in [5.41, 5.74) is 0.335. The van der Waals surface area contributed by atoms with Crippen LogP contribution in [0.15, 0.2) is 24.3 Å². The molecule has 0 spiro atoms. The first kappa shape index (κ1) is 17.7. The van der Waals surface area contributed by atoms with Crippen LogP contribution < -0.4 is 0 Å². The Morgan fingerprint density at radius 1 is 1.09 bits per heavy atom. The van der Waals surface area contributed by atoms with E-state index in [2.05, 4.69) is 6.58 Å². The van der Waals surface area contributed by atoms with Crippen molar-refractivity contribution in [3.8, 4) is 0 Å². The highest BCUT2D eigenvalue weighted by molar-refractivity contribution is 5.87. The normalized spacial score (nSPS) is 28.3. The number of carbonyl (C=O) groups is 2. The van der Waals surface area contributed by atoms with Crippen molar-refractivity contribution in [1.82, 2.24) is 0 Å². The van der Waals surface area contributed by atoms with E-state index in [0.717, 1.165) is 32.1 Å². The maximum absolute atomic E-state index is 11.8. The van der Waals surface area contributed by atoms with Crippen molar-refractivity contribution < 1.29 is 28.5 Å². The van der Waals surface area contributed by atoms with Gasteiger partial charge in [-0.05, 0) is 38.7 Å². The highest BCUT2D eigenvalue weighted by atomic mass is 16.7. The van der Waals surface area contributed by atoms with Crippen LogP contribution in [0.25, 0.3) is 0 Å². The van der Waals surface area contributed by atoms with Gasteiger partial charge in [0.25, 0.3) is 0 Å². The first-order chi connectivity index (χ1) is 11.0. The van der Waals surface area contributed by atoms with Crippen LogP contribution in [-0.4, -0.2) is 37.2 Å². The minimum Gasteiger partial charge on any atom is -0.433 e. The zero-order valence-electron chi connectivity index (χ0n) is 13.5. The second kappa shape index (κ2) is 8.84. The van der Waals surface area contributed by atoms with Gasteiger partial charge in [0.1, 0.15) is 0 Å². The molecule has 2 rings (SSSR count). The molecule has 0 aromatic rings. The number of esters is 2. The molecule has 2 saturated heterocycles. The SMILES string of the molecule is C=C(C)C(=O)OC1CCCC(C=CC(=O)OC2CCCCO2)O1. The van der Waals surface area contributed by atoms with Crippen LogP contribution in [0.2, 0.25) is 0 Å². The van der Waals surface area contributed by atoms with Crippen molar-refractivity contribution in [3.63, 3.8) is 0 Å². The van der Waals surface area contributed by atoms with Gasteiger partial charge in [0.15, 0.2) is 0 Å². The van der Waals surface area contributed by atoms with Crippen LogP contribution in [0.3, 0.4) is 0 Å². The summed E-state index contributed by atoms with van der Waals surface area (Å²) in [6.45, 7) is 5.75. The number of rotatable bonds is 5. The Labute approximate surface area is 136 Å². The van der Waals surface area contributed by atoms with Gasteiger partial charge in [-0.15, -0.1) is 0 Å². The standard InChI is InChI=1S/C17H24O6/c1-12(2)17(19)23-16-8-5-6-13(21-16)9-10-14(18)22-15-7-3-4-11-20-15/h9-10,13,15-16H,1,3-8,11H2,2H3. The first-order valence-corrected chi connectivity index (χ1v) is 8.07. The number of hydrogen-bond acceptors (Lipinski definition) is 6. The maximum Gasteiger partial charge on any atom is 0.335 e. The lowest BCUT2D eigenvalue weighted by Crippen LogP contribution is -2.31. The summed E-state index contributed by atoms with van der Waals surface area (Å²) in [6.07, 6.45) is 6.69. The quantitative estimate of drug-likeness (QED) is 0.572. The summed E-state index contributed by atoms with van der Waals surface area (Å²) in [5.74, 6) is -0.907. The topological polar surface area (TPSA) is 71.1 Å². The van der Waals surface area contributed by atoms with Gasteiger partial charge in [0.05, 0.1) is 12.7 Å². The van der Waals surface area contributed by atoms with Crippen LogP contribution in [0.4, 0.5) is 0 Å². The smallest absolute Gasteiger partial charge is 0.335 e. The Hall–Kier alpha value is -1.66. The minimum atomic E-state index is -0.597. The van der Waals surface area contributed by atoms with Crippen LogP contribution >= 0.6 is 0 Å². The molecule has 0 N–H and O–H groups in total.